The van der Waals surface area contributed by atoms with Crippen molar-refractivity contribution < 1.29 is 18.7 Å². The number of hydrogen-bond donors (Lipinski definition) is 3. The number of carbonyl (C=O) groups is 2. The second-order valence-electron chi connectivity index (χ2n) is 9.05. The molecule has 184 valence electrons. The molecule has 0 unspecified atom stereocenters. The maximum Gasteiger partial charge on any atom is 0.251 e. The van der Waals surface area contributed by atoms with Crippen LogP contribution in [0.4, 0.5) is 10.1 Å². The van der Waals surface area contributed by atoms with Crippen LogP contribution < -0.4 is 20.1 Å². The molecule has 0 heterocycles. The van der Waals surface area contributed by atoms with Crippen molar-refractivity contribution in [3.05, 3.63) is 89.7 Å². The Balaban J connectivity index is 1.73. The lowest BCUT2D eigenvalue weighted by atomic mass is 10.0. The lowest BCUT2D eigenvalue weighted by Crippen LogP contribution is -2.45. The maximum atomic E-state index is 13.3. The molecule has 2 amide bonds. The highest BCUT2D eigenvalue weighted by Gasteiger charge is 2.22. The molecule has 0 bridgehead atoms. The molecule has 3 aromatic carbocycles. The summed E-state index contributed by atoms with van der Waals surface area (Å²) in [5.41, 5.74) is 1.71. The van der Waals surface area contributed by atoms with Crippen LogP contribution in [0, 0.1) is 5.82 Å². The molecule has 3 rings (SSSR count). The molecule has 8 heteroatoms. The number of ether oxygens (including phenoxy) is 1. The zero-order chi connectivity index (χ0) is 25.4. The van der Waals surface area contributed by atoms with Crippen LogP contribution in [0.2, 0.25) is 0 Å². The number of methoxy groups -OCH3 is 1. The standard InChI is InChI=1S/C27H30FN3O3S/c1-27(2,3)31-35-23-15-11-21(12-16-23)29-26(33)24(17-18-5-13-22(34-4)14-6-18)30-25(32)19-7-9-20(28)10-8-19/h5-16,24,31H,17H2,1-4H3,(H,29,33)(H,30,32)/t24-/m0/s1. The zero-order valence-corrected chi connectivity index (χ0v) is 21.0. The summed E-state index contributed by atoms with van der Waals surface area (Å²) in [7, 11) is 1.58. The van der Waals surface area contributed by atoms with Crippen molar-refractivity contribution in [3.8, 4) is 5.75 Å². The van der Waals surface area contributed by atoms with E-state index in [2.05, 4.69) is 36.1 Å². The Hall–Kier alpha value is -3.36. The fourth-order valence-corrected chi connectivity index (χ4v) is 3.79. The quantitative estimate of drug-likeness (QED) is 0.355. The van der Waals surface area contributed by atoms with Crippen molar-refractivity contribution in [3.63, 3.8) is 0 Å². The summed E-state index contributed by atoms with van der Waals surface area (Å²) >= 11 is 1.52. The smallest absolute Gasteiger partial charge is 0.251 e. The van der Waals surface area contributed by atoms with Gasteiger partial charge < -0.3 is 15.4 Å². The third-order valence-corrected chi connectivity index (χ3v) is 6.15. The lowest BCUT2D eigenvalue weighted by molar-refractivity contribution is -0.118. The van der Waals surface area contributed by atoms with Crippen molar-refractivity contribution in [1.82, 2.24) is 10.0 Å². The molecule has 3 N–H and O–H groups in total. The monoisotopic (exact) mass is 495 g/mol. The summed E-state index contributed by atoms with van der Waals surface area (Å²) in [5, 5.41) is 5.66. The Morgan fingerprint density at radius 3 is 2.14 bits per heavy atom. The molecule has 1 atom stereocenters. The fraction of sp³-hybridized carbons (Fsp3) is 0.259. The number of anilines is 1. The summed E-state index contributed by atoms with van der Waals surface area (Å²) in [4.78, 5) is 27.0. The molecule has 35 heavy (non-hydrogen) atoms. The van der Waals surface area contributed by atoms with Crippen LogP contribution >= 0.6 is 11.9 Å². The molecule has 0 aliphatic heterocycles. The van der Waals surface area contributed by atoms with Crippen LogP contribution in [0.1, 0.15) is 36.7 Å². The minimum absolute atomic E-state index is 0.0328. The van der Waals surface area contributed by atoms with Crippen LogP contribution in [-0.2, 0) is 11.2 Å². The highest BCUT2D eigenvalue weighted by Crippen LogP contribution is 2.21. The molecule has 0 saturated carbocycles. The largest absolute Gasteiger partial charge is 0.497 e. The van der Waals surface area contributed by atoms with Crippen LogP contribution in [-0.4, -0.2) is 30.5 Å². The highest BCUT2D eigenvalue weighted by molar-refractivity contribution is 7.97. The molecule has 0 spiro atoms. The predicted octanol–water partition coefficient (Wildman–Crippen LogP) is 5.21. The zero-order valence-electron chi connectivity index (χ0n) is 20.2. The second kappa shape index (κ2) is 11.9. The summed E-state index contributed by atoms with van der Waals surface area (Å²) in [6.07, 6.45) is 0.270. The average Bonchev–Trinajstić information content (AvgIpc) is 2.83. The van der Waals surface area contributed by atoms with E-state index in [4.69, 9.17) is 4.74 Å². The Kier molecular flexibility index (Phi) is 8.89. The van der Waals surface area contributed by atoms with Gasteiger partial charge >= 0.3 is 0 Å². The molecular weight excluding hydrogens is 465 g/mol. The van der Waals surface area contributed by atoms with E-state index in [0.717, 1.165) is 10.5 Å². The molecule has 0 aliphatic carbocycles. The molecule has 6 nitrogen and oxygen atoms in total. The van der Waals surface area contributed by atoms with E-state index in [0.29, 0.717) is 11.4 Å². The number of halogens is 1. The van der Waals surface area contributed by atoms with Crippen molar-refractivity contribution >= 4 is 29.4 Å². The summed E-state index contributed by atoms with van der Waals surface area (Å²) in [6, 6.07) is 19.1. The first-order valence-electron chi connectivity index (χ1n) is 11.2. The number of benzene rings is 3. The maximum absolute atomic E-state index is 13.3. The highest BCUT2D eigenvalue weighted by atomic mass is 32.2. The summed E-state index contributed by atoms with van der Waals surface area (Å²) in [5.74, 6) is -0.555. The number of nitrogens with one attached hydrogen (secondary N) is 3. The topological polar surface area (TPSA) is 79.5 Å². The third-order valence-electron chi connectivity index (χ3n) is 4.92. The van der Waals surface area contributed by atoms with E-state index in [1.54, 1.807) is 19.2 Å². The van der Waals surface area contributed by atoms with Crippen LogP contribution in [0.5, 0.6) is 5.75 Å². The first kappa shape index (κ1) is 26.2. The second-order valence-corrected chi connectivity index (χ2v) is 9.93. The molecule has 0 fully saturated rings. The van der Waals surface area contributed by atoms with Crippen molar-refractivity contribution in [1.29, 1.82) is 0 Å². The van der Waals surface area contributed by atoms with Gasteiger partial charge in [-0.2, -0.15) is 0 Å². The number of hydrogen-bond acceptors (Lipinski definition) is 5. The van der Waals surface area contributed by atoms with Gasteiger partial charge in [-0.3, -0.25) is 14.3 Å². The number of rotatable bonds is 9. The van der Waals surface area contributed by atoms with Crippen LogP contribution in [0.3, 0.4) is 0 Å². The van der Waals surface area contributed by atoms with E-state index in [9.17, 15) is 14.0 Å². The van der Waals surface area contributed by atoms with E-state index < -0.39 is 17.8 Å². The molecule has 3 aromatic rings. The van der Waals surface area contributed by atoms with Gasteiger partial charge in [-0.15, -0.1) is 0 Å². The van der Waals surface area contributed by atoms with Crippen LogP contribution in [0.25, 0.3) is 0 Å². The minimum atomic E-state index is -0.849. The molecule has 0 aliphatic rings. The number of carbonyl (C=O) groups excluding carboxylic acids is 2. The Morgan fingerprint density at radius 1 is 0.943 bits per heavy atom. The minimum Gasteiger partial charge on any atom is -0.497 e. The van der Waals surface area contributed by atoms with Gasteiger partial charge in [0.15, 0.2) is 0 Å². The Morgan fingerprint density at radius 2 is 1.57 bits per heavy atom. The van der Waals surface area contributed by atoms with Gasteiger partial charge in [-0.05, 0) is 98.9 Å². The van der Waals surface area contributed by atoms with Gasteiger partial charge in [0.1, 0.15) is 17.6 Å². The molecular formula is C27H30FN3O3S. The fourth-order valence-electron chi connectivity index (χ4n) is 3.10. The van der Waals surface area contributed by atoms with E-state index >= 15 is 0 Å². The predicted molar refractivity (Wildman–Crippen MR) is 138 cm³/mol. The molecule has 0 aromatic heterocycles. The first-order valence-corrected chi connectivity index (χ1v) is 12.0. The Labute approximate surface area is 209 Å². The SMILES string of the molecule is COc1ccc(C[C@H](NC(=O)c2ccc(F)cc2)C(=O)Nc2ccc(SNC(C)(C)C)cc2)cc1. The number of amides is 2. The van der Waals surface area contributed by atoms with Crippen LogP contribution in [0.15, 0.2) is 77.7 Å². The van der Waals surface area contributed by atoms with Gasteiger partial charge in [-0.1, -0.05) is 12.1 Å². The van der Waals surface area contributed by atoms with Crippen molar-refractivity contribution in [2.24, 2.45) is 0 Å². The summed E-state index contributed by atoms with van der Waals surface area (Å²) < 4.78 is 21.8. The van der Waals surface area contributed by atoms with E-state index in [-0.39, 0.29) is 23.4 Å². The molecule has 0 saturated heterocycles. The van der Waals surface area contributed by atoms with Crippen molar-refractivity contribution in [2.45, 2.75) is 43.7 Å². The first-order chi connectivity index (χ1) is 16.6. The van der Waals surface area contributed by atoms with Gasteiger partial charge in [0, 0.05) is 28.1 Å². The van der Waals surface area contributed by atoms with Gasteiger partial charge in [0.05, 0.1) is 7.11 Å². The summed E-state index contributed by atoms with van der Waals surface area (Å²) in [6.45, 7) is 6.24. The normalized spacial score (nSPS) is 12.0. The van der Waals surface area contributed by atoms with Gasteiger partial charge in [-0.25, -0.2) is 4.39 Å². The van der Waals surface area contributed by atoms with E-state index in [1.807, 2.05) is 36.4 Å². The lowest BCUT2D eigenvalue weighted by Gasteiger charge is -2.20. The average molecular weight is 496 g/mol. The van der Waals surface area contributed by atoms with Crippen molar-refractivity contribution in [2.75, 3.05) is 12.4 Å². The third kappa shape index (κ3) is 8.42. The molecule has 0 radical (unpaired) electrons. The Bertz CT molecular complexity index is 1130. The van der Waals surface area contributed by atoms with Gasteiger partial charge in [0.2, 0.25) is 5.91 Å². The van der Waals surface area contributed by atoms with E-state index in [1.165, 1.54) is 36.2 Å². The van der Waals surface area contributed by atoms with Gasteiger partial charge in [0.25, 0.3) is 5.91 Å².